The molecule has 43 heavy (non-hydrogen) atoms. The van der Waals surface area contributed by atoms with Crippen LogP contribution in [-0.2, 0) is 10.0 Å². The normalized spacial score (nSPS) is 15.5. The molecule has 3 aromatic rings. The fourth-order valence-corrected chi connectivity index (χ4v) is 6.88. The monoisotopic (exact) mass is 607 g/mol. The second kappa shape index (κ2) is 14.4. The fourth-order valence-electron chi connectivity index (χ4n) is 5.88. The van der Waals surface area contributed by atoms with E-state index in [0.717, 1.165) is 55.6 Å². The minimum Gasteiger partial charge on any atom is -0.477 e. The second-order valence-electron chi connectivity index (χ2n) is 12.3. The number of hydrogen-bond acceptors (Lipinski definition) is 8. The number of sulfonamides is 1. The molecule has 2 heterocycles. The van der Waals surface area contributed by atoms with E-state index in [0.29, 0.717) is 36.4 Å². The second-order valence-corrected chi connectivity index (χ2v) is 13.9. The van der Waals surface area contributed by atoms with Gasteiger partial charge in [0.2, 0.25) is 11.8 Å². The van der Waals surface area contributed by atoms with Crippen LogP contribution in [0.5, 0.6) is 5.88 Å². The third-order valence-corrected chi connectivity index (χ3v) is 9.43. The van der Waals surface area contributed by atoms with Crippen molar-refractivity contribution < 1.29 is 17.9 Å². The highest BCUT2D eigenvalue weighted by Gasteiger charge is 2.24. The van der Waals surface area contributed by atoms with Gasteiger partial charge in [0.25, 0.3) is 10.0 Å². The van der Waals surface area contributed by atoms with E-state index < -0.39 is 10.0 Å². The van der Waals surface area contributed by atoms with Gasteiger partial charge in [0, 0.05) is 35.7 Å². The van der Waals surface area contributed by atoms with Crippen molar-refractivity contribution in [3.8, 4) is 17.1 Å². The lowest BCUT2D eigenvalue weighted by Crippen LogP contribution is -2.44. The summed E-state index contributed by atoms with van der Waals surface area (Å²) < 4.78 is 35.4. The zero-order chi connectivity index (χ0) is 31.1. The van der Waals surface area contributed by atoms with Crippen LogP contribution >= 0.6 is 0 Å². The number of nitrogens with one attached hydrogen (secondary N) is 1. The molecule has 232 valence electrons. The standard InChI is InChI=1S/C33H45N5O4S/c1-23(2)17-27(20-38(6)28-13-15-37(5)16-14-28)22-42-31-19-30(32-24(3)9-7-10-25(32)4)34-33(35-31)36-43(40,41)29-12-8-11-26(18-29)21-39/h7-12,18-19,21,23,27-28H,13-17,20,22H2,1-6H3,(H,34,35,36)/t27-/m1/s1. The molecule has 0 spiro atoms. The maximum Gasteiger partial charge on any atom is 0.264 e. The Balaban J connectivity index is 1.62. The van der Waals surface area contributed by atoms with Gasteiger partial charge in [-0.05, 0) is 89.5 Å². The molecule has 1 saturated heterocycles. The Hall–Kier alpha value is -3.34. The Morgan fingerprint density at radius 3 is 2.40 bits per heavy atom. The van der Waals surface area contributed by atoms with E-state index in [9.17, 15) is 13.2 Å². The van der Waals surface area contributed by atoms with Gasteiger partial charge in [-0.15, -0.1) is 0 Å². The van der Waals surface area contributed by atoms with Crippen LogP contribution in [0.4, 0.5) is 5.95 Å². The van der Waals surface area contributed by atoms with Crippen molar-refractivity contribution >= 4 is 22.3 Å². The Bertz CT molecular complexity index is 1480. The number of carbonyl (C=O) groups is 1. The Kier molecular flexibility index (Phi) is 10.9. The van der Waals surface area contributed by atoms with Gasteiger partial charge in [0.1, 0.15) is 6.29 Å². The summed E-state index contributed by atoms with van der Waals surface area (Å²) in [5, 5.41) is 0. The summed E-state index contributed by atoms with van der Waals surface area (Å²) in [6.45, 7) is 12.0. The lowest BCUT2D eigenvalue weighted by molar-refractivity contribution is 0.106. The van der Waals surface area contributed by atoms with E-state index in [1.807, 2.05) is 32.0 Å². The quantitative estimate of drug-likeness (QED) is 0.256. The van der Waals surface area contributed by atoms with Gasteiger partial charge in [0.15, 0.2) is 0 Å². The van der Waals surface area contributed by atoms with E-state index in [2.05, 4.69) is 52.4 Å². The van der Waals surface area contributed by atoms with Crippen molar-refractivity contribution in [1.82, 2.24) is 19.8 Å². The third kappa shape index (κ3) is 8.84. The SMILES string of the molecule is Cc1cccc(C)c1-c1cc(OC[C@H](CC(C)C)CN(C)C2CCN(C)CC2)nc(NS(=O)(=O)c2cccc(C=O)c2)n1. The average Bonchev–Trinajstić information content (AvgIpc) is 2.95. The molecule has 0 amide bonds. The summed E-state index contributed by atoms with van der Waals surface area (Å²) in [7, 11) is 0.324. The maximum absolute atomic E-state index is 13.3. The highest BCUT2D eigenvalue weighted by molar-refractivity contribution is 7.92. The van der Waals surface area contributed by atoms with Crippen molar-refractivity contribution in [2.45, 2.75) is 57.9 Å². The minimum absolute atomic E-state index is 0.0467. The van der Waals surface area contributed by atoms with Crippen molar-refractivity contribution in [2.24, 2.45) is 11.8 Å². The van der Waals surface area contributed by atoms with Gasteiger partial charge in [0.05, 0.1) is 17.2 Å². The molecule has 1 aliphatic heterocycles. The Morgan fingerprint density at radius 2 is 1.74 bits per heavy atom. The van der Waals surface area contributed by atoms with Crippen LogP contribution in [0.2, 0.25) is 0 Å². The summed E-state index contributed by atoms with van der Waals surface area (Å²) in [6, 6.07) is 14.1. The van der Waals surface area contributed by atoms with Gasteiger partial charge < -0.3 is 14.5 Å². The molecule has 2 aromatic carbocycles. The highest BCUT2D eigenvalue weighted by atomic mass is 32.2. The molecule has 1 atom stereocenters. The number of anilines is 1. The Labute approximate surface area is 256 Å². The summed E-state index contributed by atoms with van der Waals surface area (Å²) in [5.74, 6) is 0.993. The number of piperidine rings is 1. The smallest absolute Gasteiger partial charge is 0.264 e. The van der Waals surface area contributed by atoms with Crippen molar-refractivity contribution in [1.29, 1.82) is 0 Å². The summed E-state index contributed by atoms with van der Waals surface area (Å²) in [6.07, 6.45) is 3.93. The minimum atomic E-state index is -4.06. The molecule has 10 heteroatoms. The van der Waals surface area contributed by atoms with Crippen LogP contribution < -0.4 is 9.46 Å². The zero-order valence-corrected chi connectivity index (χ0v) is 27.0. The topological polar surface area (TPSA) is 105 Å². The molecule has 0 saturated carbocycles. The average molecular weight is 608 g/mol. The van der Waals surface area contributed by atoms with Gasteiger partial charge in [-0.25, -0.2) is 18.1 Å². The first kappa shape index (κ1) is 32.6. The summed E-state index contributed by atoms with van der Waals surface area (Å²) in [5.41, 5.74) is 3.75. The molecular formula is C33H45N5O4S. The first-order valence-corrected chi connectivity index (χ1v) is 16.5. The van der Waals surface area contributed by atoms with Crippen molar-refractivity contribution in [3.63, 3.8) is 0 Å². The van der Waals surface area contributed by atoms with Crippen LogP contribution in [0.25, 0.3) is 11.3 Å². The van der Waals surface area contributed by atoms with Gasteiger partial charge in [-0.2, -0.15) is 4.98 Å². The lowest BCUT2D eigenvalue weighted by atomic mass is 9.95. The third-order valence-electron chi connectivity index (χ3n) is 8.10. The number of rotatable bonds is 13. The molecule has 0 unspecified atom stereocenters. The molecule has 1 fully saturated rings. The number of ether oxygens (including phenoxy) is 1. The van der Waals surface area contributed by atoms with Crippen LogP contribution in [0.1, 0.15) is 54.6 Å². The molecule has 1 aliphatic rings. The Morgan fingerprint density at radius 1 is 1.07 bits per heavy atom. The number of hydrogen-bond donors (Lipinski definition) is 1. The first-order chi connectivity index (χ1) is 20.4. The molecule has 0 aliphatic carbocycles. The van der Waals surface area contributed by atoms with Gasteiger partial charge >= 0.3 is 0 Å². The van der Waals surface area contributed by atoms with E-state index >= 15 is 0 Å². The lowest BCUT2D eigenvalue weighted by Gasteiger charge is -2.37. The number of benzene rings is 2. The predicted molar refractivity (Wildman–Crippen MR) is 171 cm³/mol. The summed E-state index contributed by atoms with van der Waals surface area (Å²) in [4.78, 5) is 25.2. The highest BCUT2D eigenvalue weighted by Crippen LogP contribution is 2.30. The number of aryl methyl sites for hydroxylation is 2. The molecule has 4 rings (SSSR count). The first-order valence-electron chi connectivity index (χ1n) is 15.0. The number of aromatic nitrogens is 2. The van der Waals surface area contributed by atoms with Crippen LogP contribution in [-0.4, -0.2) is 80.9 Å². The van der Waals surface area contributed by atoms with Crippen LogP contribution in [0.15, 0.2) is 53.4 Å². The predicted octanol–water partition coefficient (Wildman–Crippen LogP) is 5.44. The van der Waals surface area contributed by atoms with Crippen molar-refractivity contribution in [2.75, 3.05) is 45.1 Å². The van der Waals surface area contributed by atoms with Crippen molar-refractivity contribution in [3.05, 3.63) is 65.2 Å². The molecule has 1 aromatic heterocycles. The fraction of sp³-hybridized carbons (Fsp3) is 0.485. The number of carbonyl (C=O) groups excluding carboxylic acids is 1. The number of aldehydes is 1. The molecule has 9 nitrogen and oxygen atoms in total. The molecule has 0 bridgehead atoms. The van der Waals surface area contributed by atoms with E-state index in [1.165, 1.54) is 18.2 Å². The van der Waals surface area contributed by atoms with E-state index in [4.69, 9.17) is 4.74 Å². The maximum atomic E-state index is 13.3. The van der Waals surface area contributed by atoms with E-state index in [1.54, 1.807) is 12.1 Å². The zero-order valence-electron chi connectivity index (χ0n) is 26.2. The van der Waals surface area contributed by atoms with E-state index in [-0.39, 0.29) is 22.3 Å². The van der Waals surface area contributed by atoms with Gasteiger partial charge in [-0.1, -0.05) is 44.2 Å². The van der Waals surface area contributed by atoms with Gasteiger partial charge in [-0.3, -0.25) is 4.79 Å². The largest absolute Gasteiger partial charge is 0.477 e. The van der Waals surface area contributed by atoms with Crippen LogP contribution in [0, 0.1) is 25.7 Å². The molecular weight excluding hydrogens is 562 g/mol. The molecule has 1 N–H and O–H groups in total. The summed E-state index contributed by atoms with van der Waals surface area (Å²) >= 11 is 0. The number of nitrogens with zero attached hydrogens (tertiary/aromatic N) is 4. The number of likely N-dealkylation sites (tertiary alicyclic amines) is 1. The molecule has 0 radical (unpaired) electrons. The van der Waals surface area contributed by atoms with Crippen LogP contribution in [0.3, 0.4) is 0 Å².